The van der Waals surface area contributed by atoms with Crippen LogP contribution in [0.1, 0.15) is 0 Å². The minimum atomic E-state index is -0.434. The lowest BCUT2D eigenvalue weighted by Gasteiger charge is -2.04. The Labute approximate surface area is 90.4 Å². The molecule has 1 aromatic heterocycles. The van der Waals surface area contributed by atoms with Gasteiger partial charge in [-0.05, 0) is 12.1 Å². The monoisotopic (exact) mass is 220 g/mol. The maximum Gasteiger partial charge on any atom is 0.291 e. The van der Waals surface area contributed by atoms with Crippen molar-refractivity contribution in [3.05, 3.63) is 51.4 Å². The molecule has 1 aromatic carbocycles. The first-order valence-electron chi connectivity index (χ1n) is 4.29. The van der Waals surface area contributed by atoms with Crippen LogP contribution < -0.4 is 5.56 Å². The van der Waals surface area contributed by atoms with Gasteiger partial charge in [0.05, 0.1) is 11.9 Å². The number of aromatic nitrogens is 2. The molecule has 0 spiro atoms. The van der Waals surface area contributed by atoms with Crippen molar-refractivity contribution in [1.29, 1.82) is 0 Å². The molecule has 4 nitrogen and oxygen atoms in total. The molecule has 0 amide bonds. The topological polar surface area (TPSA) is 58.0 Å². The third-order valence-electron chi connectivity index (χ3n) is 1.97. The van der Waals surface area contributed by atoms with E-state index in [0.29, 0.717) is 5.69 Å². The van der Waals surface area contributed by atoms with Gasteiger partial charge in [-0.2, -0.15) is 0 Å². The highest BCUT2D eigenvalue weighted by Crippen LogP contribution is 2.06. The number of hydrogen-bond acceptors (Lipinski definition) is 3. The van der Waals surface area contributed by atoms with E-state index < -0.39 is 5.56 Å². The van der Waals surface area contributed by atoms with Crippen molar-refractivity contribution in [3.8, 4) is 11.4 Å². The Hall–Kier alpha value is -1.88. The number of rotatable bonds is 1. The van der Waals surface area contributed by atoms with Gasteiger partial charge in [-0.1, -0.05) is 30.4 Å². The van der Waals surface area contributed by atoms with E-state index in [2.05, 4.69) is 5.10 Å². The Morgan fingerprint density at radius 3 is 2.60 bits per heavy atom. The van der Waals surface area contributed by atoms with Gasteiger partial charge in [0.2, 0.25) is 0 Å². The second kappa shape index (κ2) is 3.70. The van der Waals surface area contributed by atoms with E-state index in [1.54, 1.807) is 12.1 Å². The molecule has 15 heavy (non-hydrogen) atoms. The zero-order valence-electron chi connectivity index (χ0n) is 7.68. The number of H-pyrrole nitrogens is 1. The van der Waals surface area contributed by atoms with E-state index >= 15 is 0 Å². The van der Waals surface area contributed by atoms with E-state index in [0.717, 1.165) is 0 Å². The van der Waals surface area contributed by atoms with Gasteiger partial charge in [0.15, 0.2) is 5.75 Å². The second-order valence-electron chi connectivity index (χ2n) is 2.96. The molecule has 5 heteroatoms. The third kappa shape index (κ3) is 1.69. The Morgan fingerprint density at radius 2 is 1.93 bits per heavy atom. The van der Waals surface area contributed by atoms with Gasteiger partial charge < -0.3 is 5.11 Å². The molecule has 0 aliphatic heterocycles. The van der Waals surface area contributed by atoms with E-state index in [1.165, 1.54) is 10.9 Å². The number of aromatic amines is 1. The number of nitrogens with one attached hydrogen (secondary N) is 1. The van der Waals surface area contributed by atoms with Crippen LogP contribution in [0.4, 0.5) is 0 Å². The lowest BCUT2D eigenvalue weighted by atomic mass is 10.3. The van der Waals surface area contributed by atoms with Crippen molar-refractivity contribution < 1.29 is 5.11 Å². The fraction of sp³-hybridized carbons (Fsp3) is 0. The molecule has 0 aliphatic rings. The summed E-state index contributed by atoms with van der Waals surface area (Å²) in [5, 5.41) is 11.9. The molecule has 0 saturated carbocycles. The molecule has 0 saturated heterocycles. The average molecular weight is 220 g/mol. The zero-order chi connectivity index (χ0) is 10.8. The first kappa shape index (κ1) is 9.67. The minimum absolute atomic E-state index is 0.0856. The van der Waals surface area contributed by atoms with Gasteiger partial charge in [0, 0.05) is 0 Å². The molecule has 2 aromatic rings. The van der Waals surface area contributed by atoms with Gasteiger partial charge in [-0.25, -0.2) is 4.68 Å². The highest BCUT2D eigenvalue weighted by molar-refractivity contribution is 7.71. The standard InChI is InChI=1S/C10H8N2O2S/c13-8-6-11-12(10(14)9(8)15)7-4-2-1-3-5-7/h1-6,11,13H. The predicted octanol–water partition coefficient (Wildman–Crippen LogP) is 1.60. The molecule has 2 N–H and O–H groups in total. The minimum Gasteiger partial charge on any atom is -0.505 e. The maximum atomic E-state index is 11.7. The normalized spacial score (nSPS) is 10.1. The highest BCUT2D eigenvalue weighted by atomic mass is 32.1. The van der Waals surface area contributed by atoms with Crippen LogP contribution in [0.3, 0.4) is 0 Å². The Kier molecular flexibility index (Phi) is 2.39. The molecule has 76 valence electrons. The largest absolute Gasteiger partial charge is 0.505 e. The molecule has 2 rings (SSSR count). The van der Waals surface area contributed by atoms with Crippen LogP contribution in [0.25, 0.3) is 5.69 Å². The fourth-order valence-corrected chi connectivity index (χ4v) is 1.38. The van der Waals surface area contributed by atoms with Gasteiger partial charge >= 0.3 is 0 Å². The highest BCUT2D eigenvalue weighted by Gasteiger charge is 2.03. The number of aromatic hydroxyl groups is 1. The van der Waals surface area contributed by atoms with E-state index in [-0.39, 0.29) is 10.3 Å². The predicted molar refractivity (Wildman–Crippen MR) is 58.9 cm³/mol. The average Bonchev–Trinajstić information content (AvgIpc) is 2.27. The van der Waals surface area contributed by atoms with Crippen molar-refractivity contribution in [2.75, 3.05) is 0 Å². The Balaban J connectivity index is 2.72. The molecule has 1 heterocycles. The molecule has 0 bridgehead atoms. The molecule has 0 aliphatic carbocycles. The lowest BCUT2D eigenvalue weighted by molar-refractivity contribution is 0.464. The zero-order valence-corrected chi connectivity index (χ0v) is 8.49. The van der Waals surface area contributed by atoms with E-state index in [4.69, 9.17) is 12.2 Å². The van der Waals surface area contributed by atoms with Crippen LogP contribution in [0.5, 0.6) is 5.75 Å². The molecule has 0 radical (unpaired) electrons. The van der Waals surface area contributed by atoms with Crippen molar-refractivity contribution >= 4 is 12.2 Å². The van der Waals surface area contributed by atoms with E-state index in [9.17, 15) is 9.90 Å². The Morgan fingerprint density at radius 1 is 1.27 bits per heavy atom. The van der Waals surface area contributed by atoms with Crippen molar-refractivity contribution in [2.24, 2.45) is 0 Å². The van der Waals surface area contributed by atoms with Crippen molar-refractivity contribution in [2.45, 2.75) is 0 Å². The van der Waals surface area contributed by atoms with E-state index in [1.807, 2.05) is 18.2 Å². The van der Waals surface area contributed by atoms with Gasteiger partial charge in [0.25, 0.3) is 5.56 Å². The number of hydrogen-bond donors (Lipinski definition) is 2. The first-order chi connectivity index (χ1) is 7.20. The molecular weight excluding hydrogens is 212 g/mol. The van der Waals surface area contributed by atoms with Gasteiger partial charge in [-0.15, -0.1) is 0 Å². The van der Waals surface area contributed by atoms with Crippen LogP contribution in [-0.4, -0.2) is 14.9 Å². The van der Waals surface area contributed by atoms with Crippen LogP contribution in [-0.2, 0) is 0 Å². The van der Waals surface area contributed by atoms with Crippen molar-refractivity contribution in [1.82, 2.24) is 9.78 Å². The lowest BCUT2D eigenvalue weighted by Crippen LogP contribution is -2.20. The summed E-state index contributed by atoms with van der Waals surface area (Å²) in [5.41, 5.74) is 0.241. The molecule has 0 atom stereocenters. The maximum absolute atomic E-state index is 11.7. The summed E-state index contributed by atoms with van der Waals surface area (Å²) in [6.45, 7) is 0. The summed E-state index contributed by atoms with van der Waals surface area (Å²) in [7, 11) is 0. The van der Waals surface area contributed by atoms with Crippen LogP contribution in [0.15, 0.2) is 41.3 Å². The van der Waals surface area contributed by atoms with Crippen molar-refractivity contribution in [3.63, 3.8) is 0 Å². The van der Waals surface area contributed by atoms with Crippen LogP contribution >= 0.6 is 12.2 Å². The number of para-hydroxylation sites is 1. The van der Waals surface area contributed by atoms with Gasteiger partial charge in [0.1, 0.15) is 4.51 Å². The SMILES string of the molecule is O=c1c(=S)c(O)c[nH]n1-c1ccccc1. The van der Waals surface area contributed by atoms with Gasteiger partial charge in [-0.3, -0.25) is 9.89 Å². The fourth-order valence-electron chi connectivity index (χ4n) is 1.23. The van der Waals surface area contributed by atoms with Crippen LogP contribution in [0, 0.1) is 4.51 Å². The summed E-state index contributed by atoms with van der Waals surface area (Å²) >= 11 is 4.78. The quantitative estimate of drug-likeness (QED) is 0.718. The summed E-state index contributed by atoms with van der Waals surface area (Å²) in [5.74, 6) is -0.206. The Bertz CT molecular complexity index is 586. The molecule has 0 unspecified atom stereocenters. The summed E-state index contributed by atoms with van der Waals surface area (Å²) in [6.07, 6.45) is 1.29. The third-order valence-corrected chi connectivity index (χ3v) is 2.36. The smallest absolute Gasteiger partial charge is 0.291 e. The first-order valence-corrected chi connectivity index (χ1v) is 4.70. The second-order valence-corrected chi connectivity index (χ2v) is 3.37. The molecular formula is C10H8N2O2S. The number of benzene rings is 1. The summed E-state index contributed by atoms with van der Waals surface area (Å²) in [6, 6.07) is 9.01. The number of nitrogens with zero attached hydrogens (tertiary/aromatic N) is 1. The molecule has 0 fully saturated rings. The summed E-state index contributed by atoms with van der Waals surface area (Å²) < 4.78 is 1.19. The summed E-state index contributed by atoms with van der Waals surface area (Å²) in [4.78, 5) is 11.7. The van der Waals surface area contributed by atoms with Crippen LogP contribution in [0.2, 0.25) is 0 Å².